The highest BCUT2D eigenvalue weighted by atomic mass is 16.6. The number of nitrogens with zero attached hydrogens (tertiary/aromatic N) is 1. The second-order valence-electron chi connectivity index (χ2n) is 9.86. The number of aryl methyl sites for hydroxylation is 1. The van der Waals surface area contributed by atoms with Crippen molar-refractivity contribution >= 4 is 11.6 Å². The van der Waals surface area contributed by atoms with Crippen molar-refractivity contribution in [2.75, 3.05) is 6.54 Å². The van der Waals surface area contributed by atoms with Gasteiger partial charge in [0.1, 0.15) is 18.1 Å². The first-order chi connectivity index (χ1) is 14.9. The molecule has 1 N–H and O–H groups in total. The van der Waals surface area contributed by atoms with Gasteiger partial charge in [-0.25, -0.2) is 0 Å². The van der Waals surface area contributed by atoms with Gasteiger partial charge in [0, 0.05) is 18.2 Å². The molecule has 7 nitrogen and oxygen atoms in total. The number of carbonyl (C=O) groups is 1. The lowest BCUT2D eigenvalue weighted by molar-refractivity contribution is -0.385. The third-order valence-corrected chi connectivity index (χ3v) is 7.42. The van der Waals surface area contributed by atoms with Gasteiger partial charge in [-0.2, -0.15) is 0 Å². The van der Waals surface area contributed by atoms with E-state index in [2.05, 4.69) is 5.32 Å². The van der Waals surface area contributed by atoms with Crippen LogP contribution in [0.5, 0.6) is 5.75 Å². The Labute approximate surface area is 181 Å². The highest BCUT2D eigenvalue weighted by Gasteiger charge is 2.50. The summed E-state index contributed by atoms with van der Waals surface area (Å²) in [4.78, 5) is 23.2. The molecule has 2 aromatic rings. The normalized spacial score (nSPS) is 28.5. The van der Waals surface area contributed by atoms with Crippen LogP contribution in [0.25, 0.3) is 0 Å². The first-order valence-electron chi connectivity index (χ1n) is 11.1. The average molecular weight is 424 g/mol. The van der Waals surface area contributed by atoms with E-state index in [0.717, 1.165) is 24.3 Å². The van der Waals surface area contributed by atoms with Gasteiger partial charge >= 0.3 is 0 Å². The zero-order valence-electron chi connectivity index (χ0n) is 17.8. The van der Waals surface area contributed by atoms with E-state index in [4.69, 9.17) is 9.15 Å². The second kappa shape index (κ2) is 7.70. The van der Waals surface area contributed by atoms with Gasteiger partial charge in [0.15, 0.2) is 5.76 Å². The smallest absolute Gasteiger partial charge is 0.287 e. The molecule has 0 spiro atoms. The van der Waals surface area contributed by atoms with E-state index in [9.17, 15) is 14.9 Å². The number of nitro benzene ring substituents is 1. The maximum absolute atomic E-state index is 12.7. The Morgan fingerprint density at radius 1 is 1.16 bits per heavy atom. The fourth-order valence-corrected chi connectivity index (χ4v) is 6.52. The van der Waals surface area contributed by atoms with E-state index in [0.29, 0.717) is 22.8 Å². The molecule has 4 aliphatic carbocycles. The van der Waals surface area contributed by atoms with Crippen LogP contribution in [0.1, 0.15) is 60.4 Å². The molecule has 7 heteroatoms. The Bertz CT molecular complexity index is 976. The van der Waals surface area contributed by atoms with Crippen molar-refractivity contribution < 1.29 is 18.9 Å². The molecule has 6 rings (SSSR count). The van der Waals surface area contributed by atoms with E-state index in [-0.39, 0.29) is 23.6 Å². The number of rotatable bonds is 7. The van der Waals surface area contributed by atoms with Crippen LogP contribution in [0.4, 0.5) is 5.69 Å². The lowest BCUT2D eigenvalue weighted by Gasteiger charge is -2.56. The maximum Gasteiger partial charge on any atom is 0.287 e. The fraction of sp³-hybridized carbons (Fsp3) is 0.542. The van der Waals surface area contributed by atoms with Crippen molar-refractivity contribution in [2.45, 2.75) is 52.1 Å². The van der Waals surface area contributed by atoms with Gasteiger partial charge in [-0.05, 0) is 92.9 Å². The number of amides is 1. The third-order valence-electron chi connectivity index (χ3n) is 7.42. The molecule has 0 saturated heterocycles. The molecule has 4 bridgehead atoms. The largest absolute Gasteiger partial charge is 0.486 e. The molecule has 0 aliphatic heterocycles. The van der Waals surface area contributed by atoms with Gasteiger partial charge in [-0.15, -0.1) is 0 Å². The summed E-state index contributed by atoms with van der Waals surface area (Å²) in [6.45, 7) is 2.56. The molecule has 1 amide bonds. The van der Waals surface area contributed by atoms with Crippen molar-refractivity contribution in [3.05, 3.63) is 57.5 Å². The minimum absolute atomic E-state index is 0.0586. The molecule has 31 heavy (non-hydrogen) atoms. The number of hydrogen-bond donors (Lipinski definition) is 1. The van der Waals surface area contributed by atoms with E-state index in [1.807, 2.05) is 0 Å². The van der Waals surface area contributed by atoms with Crippen molar-refractivity contribution in [1.82, 2.24) is 5.32 Å². The summed E-state index contributed by atoms with van der Waals surface area (Å²) in [7, 11) is 0. The number of hydrogen-bond acceptors (Lipinski definition) is 5. The lowest BCUT2D eigenvalue weighted by atomic mass is 9.49. The Hall–Kier alpha value is -2.83. The summed E-state index contributed by atoms with van der Waals surface area (Å²) >= 11 is 0. The monoisotopic (exact) mass is 424 g/mol. The Kier molecular flexibility index (Phi) is 4.99. The standard InChI is InChI=1S/C24H28N2O5/c1-15-6-19(2-4-21(15)26(28)29)30-13-20-3-5-22(31-20)23(27)25-14-24-10-16-7-17(11-24)9-18(8-16)12-24/h2-6,16-18H,7-14H2,1H3,(H,25,27). The molecule has 1 heterocycles. The summed E-state index contributed by atoms with van der Waals surface area (Å²) in [6, 6.07) is 8.02. The van der Waals surface area contributed by atoms with Crippen LogP contribution >= 0.6 is 0 Å². The number of ether oxygens (including phenoxy) is 1. The van der Waals surface area contributed by atoms with Gasteiger partial charge in [0.2, 0.25) is 0 Å². The highest BCUT2D eigenvalue weighted by Crippen LogP contribution is 2.59. The number of nitrogens with one attached hydrogen (secondary N) is 1. The molecular weight excluding hydrogens is 396 g/mol. The molecular formula is C24H28N2O5. The minimum atomic E-state index is -0.417. The zero-order chi connectivity index (χ0) is 21.6. The molecule has 4 fully saturated rings. The summed E-state index contributed by atoms with van der Waals surface area (Å²) in [5.41, 5.74) is 0.881. The quantitative estimate of drug-likeness (QED) is 0.497. The maximum atomic E-state index is 12.7. The fourth-order valence-electron chi connectivity index (χ4n) is 6.52. The second-order valence-corrected chi connectivity index (χ2v) is 9.86. The topological polar surface area (TPSA) is 94.6 Å². The number of nitro groups is 1. The average Bonchev–Trinajstić information content (AvgIpc) is 3.18. The van der Waals surface area contributed by atoms with Crippen LogP contribution < -0.4 is 10.1 Å². The van der Waals surface area contributed by atoms with Crippen LogP contribution in [0, 0.1) is 40.2 Å². The summed E-state index contributed by atoms with van der Waals surface area (Å²) in [5.74, 6) is 3.76. The Balaban J connectivity index is 1.16. The summed E-state index contributed by atoms with van der Waals surface area (Å²) in [5, 5.41) is 14.1. The molecule has 1 aromatic carbocycles. The molecule has 164 valence electrons. The van der Waals surface area contributed by atoms with Crippen LogP contribution in [0.15, 0.2) is 34.7 Å². The predicted molar refractivity (Wildman–Crippen MR) is 114 cm³/mol. The molecule has 4 saturated carbocycles. The lowest BCUT2D eigenvalue weighted by Crippen LogP contribution is -2.51. The SMILES string of the molecule is Cc1cc(OCc2ccc(C(=O)NCC34CC5CC(CC(C5)C3)C4)o2)ccc1[N+](=O)[O-]. The Morgan fingerprint density at radius 2 is 1.84 bits per heavy atom. The highest BCUT2D eigenvalue weighted by molar-refractivity contribution is 5.91. The van der Waals surface area contributed by atoms with Crippen LogP contribution in [-0.4, -0.2) is 17.4 Å². The van der Waals surface area contributed by atoms with Crippen molar-refractivity contribution in [2.24, 2.45) is 23.2 Å². The van der Waals surface area contributed by atoms with Crippen molar-refractivity contribution in [1.29, 1.82) is 0 Å². The van der Waals surface area contributed by atoms with Crippen LogP contribution in [-0.2, 0) is 6.61 Å². The first kappa shape index (κ1) is 20.1. The summed E-state index contributed by atoms with van der Waals surface area (Å²) < 4.78 is 11.4. The molecule has 0 atom stereocenters. The number of benzene rings is 1. The van der Waals surface area contributed by atoms with Gasteiger partial charge in [0.05, 0.1) is 4.92 Å². The Morgan fingerprint density at radius 3 is 2.45 bits per heavy atom. The van der Waals surface area contributed by atoms with Crippen molar-refractivity contribution in [3.8, 4) is 5.75 Å². The molecule has 1 aromatic heterocycles. The number of furan rings is 1. The van der Waals surface area contributed by atoms with E-state index >= 15 is 0 Å². The van der Waals surface area contributed by atoms with E-state index in [1.165, 1.54) is 44.6 Å². The van der Waals surface area contributed by atoms with E-state index in [1.54, 1.807) is 31.2 Å². The predicted octanol–water partition coefficient (Wildman–Crippen LogP) is 5.02. The van der Waals surface area contributed by atoms with E-state index < -0.39 is 4.92 Å². The van der Waals surface area contributed by atoms with Crippen molar-refractivity contribution in [3.63, 3.8) is 0 Å². The molecule has 4 aliphatic rings. The van der Waals surface area contributed by atoms with Gasteiger partial charge < -0.3 is 14.5 Å². The minimum Gasteiger partial charge on any atom is -0.486 e. The zero-order valence-corrected chi connectivity index (χ0v) is 17.8. The summed E-state index contributed by atoms with van der Waals surface area (Å²) in [6.07, 6.45) is 7.94. The first-order valence-corrected chi connectivity index (χ1v) is 11.1. The van der Waals surface area contributed by atoms with Crippen LogP contribution in [0.3, 0.4) is 0 Å². The number of carbonyl (C=O) groups excluding carboxylic acids is 1. The van der Waals surface area contributed by atoms with Gasteiger partial charge in [-0.3, -0.25) is 14.9 Å². The van der Waals surface area contributed by atoms with Gasteiger partial charge in [-0.1, -0.05) is 0 Å². The van der Waals surface area contributed by atoms with Gasteiger partial charge in [0.25, 0.3) is 11.6 Å². The molecule has 0 unspecified atom stereocenters. The molecule has 0 radical (unpaired) electrons. The van der Waals surface area contributed by atoms with Crippen LogP contribution in [0.2, 0.25) is 0 Å². The third kappa shape index (κ3) is 4.05.